The Bertz CT molecular complexity index is 1780. The second kappa shape index (κ2) is 10.7. The minimum Gasteiger partial charge on any atom is -0.451 e. The van der Waals surface area contributed by atoms with Crippen LogP contribution in [0, 0.1) is 29.1 Å². The highest BCUT2D eigenvalue weighted by Gasteiger charge is 2.30. The number of nitrogens with zero attached hydrogens (tertiary/aromatic N) is 6. The number of imidazole rings is 1. The number of halogens is 5. The largest absolute Gasteiger partial charge is 0.451 e. The number of aromatic nitrogens is 6. The van der Waals surface area contributed by atoms with Gasteiger partial charge in [0.1, 0.15) is 29.4 Å². The summed E-state index contributed by atoms with van der Waals surface area (Å²) in [7, 11) is 0. The molecule has 1 saturated heterocycles. The zero-order valence-corrected chi connectivity index (χ0v) is 21.6. The molecule has 1 aliphatic heterocycles. The van der Waals surface area contributed by atoms with Crippen LogP contribution in [0.4, 0.5) is 27.8 Å². The van der Waals surface area contributed by atoms with Crippen LogP contribution in [0.1, 0.15) is 24.6 Å². The van der Waals surface area contributed by atoms with Crippen molar-refractivity contribution in [1.82, 2.24) is 34.6 Å². The Morgan fingerprint density at radius 2 is 1.86 bits per heavy atom. The molecule has 216 valence electrons. The predicted molar refractivity (Wildman–Crippen MR) is 139 cm³/mol. The molecule has 6 rings (SSSR count). The van der Waals surface area contributed by atoms with E-state index in [0.717, 1.165) is 12.1 Å². The van der Waals surface area contributed by atoms with Gasteiger partial charge in [0.15, 0.2) is 17.3 Å². The van der Waals surface area contributed by atoms with Crippen molar-refractivity contribution >= 4 is 22.8 Å². The third-order valence-electron chi connectivity index (χ3n) is 7.00. The van der Waals surface area contributed by atoms with Gasteiger partial charge in [-0.15, -0.1) is 0 Å². The van der Waals surface area contributed by atoms with Gasteiger partial charge in [-0.25, -0.2) is 32.8 Å². The number of H-pyrrole nitrogens is 1. The lowest BCUT2D eigenvalue weighted by molar-refractivity contribution is -0.132. The normalized spacial score (nSPS) is 15.4. The molecule has 0 aliphatic carbocycles. The Morgan fingerprint density at radius 1 is 1.07 bits per heavy atom. The molecule has 0 saturated carbocycles. The van der Waals surface area contributed by atoms with Gasteiger partial charge in [-0.05, 0) is 25.0 Å². The number of nitrogen functional groups attached to an aromatic ring is 1. The molecule has 0 radical (unpaired) electrons. The molecule has 0 bridgehead atoms. The maximum atomic E-state index is 15.5. The smallest absolute Gasteiger partial charge is 0.228 e. The first-order valence-electron chi connectivity index (χ1n) is 12.8. The van der Waals surface area contributed by atoms with Gasteiger partial charge in [0.25, 0.3) is 0 Å². The molecular weight excluding hydrogens is 563 g/mol. The van der Waals surface area contributed by atoms with Gasteiger partial charge < -0.3 is 20.4 Å². The van der Waals surface area contributed by atoms with Crippen LogP contribution in [0.2, 0.25) is 0 Å². The number of fused-ring (bicyclic) bond motifs is 1. The average Bonchev–Trinajstić information content (AvgIpc) is 3.63. The fourth-order valence-electron chi connectivity index (χ4n) is 4.99. The highest BCUT2D eigenvalue weighted by atomic mass is 19.2. The summed E-state index contributed by atoms with van der Waals surface area (Å²) in [5.41, 5.74) is 7.18. The number of carbonyl (C=O) groups is 1. The van der Waals surface area contributed by atoms with Crippen molar-refractivity contribution < 1.29 is 31.5 Å². The fourth-order valence-corrected chi connectivity index (χ4v) is 4.99. The van der Waals surface area contributed by atoms with Crippen LogP contribution in [-0.2, 0) is 11.2 Å². The van der Waals surface area contributed by atoms with Crippen LogP contribution in [0.3, 0.4) is 0 Å². The summed E-state index contributed by atoms with van der Waals surface area (Å²) in [5.74, 6) is -9.64. The Kier molecular flexibility index (Phi) is 6.92. The molecule has 15 heteroatoms. The highest BCUT2D eigenvalue weighted by Crippen LogP contribution is 2.37. The Balaban J connectivity index is 1.33. The summed E-state index contributed by atoms with van der Waals surface area (Å²) in [5, 5.41) is 4.88. The number of benzene rings is 2. The van der Waals surface area contributed by atoms with Crippen molar-refractivity contribution in [3.05, 3.63) is 77.9 Å². The van der Waals surface area contributed by atoms with Gasteiger partial charge in [0, 0.05) is 42.7 Å². The third-order valence-corrected chi connectivity index (χ3v) is 7.00. The molecule has 3 aromatic heterocycles. The van der Waals surface area contributed by atoms with E-state index in [1.54, 1.807) is 15.8 Å². The molecule has 4 heterocycles. The van der Waals surface area contributed by atoms with Crippen LogP contribution < -0.4 is 10.5 Å². The molecule has 1 amide bonds. The molecule has 1 atom stereocenters. The maximum absolute atomic E-state index is 15.5. The van der Waals surface area contributed by atoms with E-state index in [1.807, 2.05) is 0 Å². The van der Waals surface area contributed by atoms with Crippen LogP contribution in [0.25, 0.3) is 22.3 Å². The number of amides is 1. The summed E-state index contributed by atoms with van der Waals surface area (Å²) in [6.07, 6.45) is 5.83. The van der Waals surface area contributed by atoms with Gasteiger partial charge in [0.2, 0.25) is 23.3 Å². The zero-order valence-electron chi connectivity index (χ0n) is 21.6. The first kappa shape index (κ1) is 27.1. The second-order valence-corrected chi connectivity index (χ2v) is 9.68. The lowest BCUT2D eigenvalue weighted by Gasteiger charge is -2.33. The van der Waals surface area contributed by atoms with Crippen molar-refractivity contribution in [1.29, 1.82) is 0 Å². The summed E-state index contributed by atoms with van der Waals surface area (Å²) >= 11 is 0. The zero-order chi connectivity index (χ0) is 29.5. The quantitative estimate of drug-likeness (QED) is 0.219. The first-order valence-corrected chi connectivity index (χ1v) is 12.8. The molecule has 5 aromatic rings. The number of hydrogen-bond acceptors (Lipinski definition) is 7. The van der Waals surface area contributed by atoms with E-state index in [0.29, 0.717) is 37.3 Å². The number of nitrogens with two attached hydrogens (primary N) is 1. The van der Waals surface area contributed by atoms with Gasteiger partial charge in [-0.2, -0.15) is 13.9 Å². The maximum Gasteiger partial charge on any atom is 0.228 e. The number of nitrogens with one attached hydrogen (secondary N) is 1. The molecule has 1 aliphatic rings. The van der Waals surface area contributed by atoms with E-state index >= 15 is 4.39 Å². The van der Waals surface area contributed by atoms with Gasteiger partial charge >= 0.3 is 0 Å². The van der Waals surface area contributed by atoms with Crippen molar-refractivity contribution in [2.45, 2.75) is 25.3 Å². The molecule has 1 unspecified atom stereocenters. The number of aromatic amines is 1. The summed E-state index contributed by atoms with van der Waals surface area (Å²) < 4.78 is 77.3. The van der Waals surface area contributed by atoms with E-state index in [-0.39, 0.29) is 46.9 Å². The van der Waals surface area contributed by atoms with Crippen LogP contribution in [0.15, 0.2) is 43.1 Å². The topological polar surface area (TPSA) is 128 Å². The van der Waals surface area contributed by atoms with E-state index in [1.165, 1.54) is 18.7 Å². The van der Waals surface area contributed by atoms with E-state index < -0.39 is 40.6 Å². The third kappa shape index (κ3) is 4.86. The standard InChI is InChI=1S/C27H21F5N8O2/c28-17-7-15(42-25-22(31)18(29)8-19(30)23(25)32)3-4-16(17)24-21-26(33)36-12-37-27(21)40(38-24)14-2-1-5-39(10-14)20(41)6-13-9-34-11-35-13/h3-4,7-9,11-12,14H,1-2,5-6,10H2,(H,34,35)(H2,33,36,37). The molecule has 42 heavy (non-hydrogen) atoms. The highest BCUT2D eigenvalue weighted by molar-refractivity contribution is 5.98. The van der Waals surface area contributed by atoms with Crippen LogP contribution in [0.5, 0.6) is 11.5 Å². The van der Waals surface area contributed by atoms with Crippen molar-refractivity contribution in [2.24, 2.45) is 0 Å². The number of anilines is 1. The number of hydrogen-bond donors (Lipinski definition) is 2. The van der Waals surface area contributed by atoms with Crippen molar-refractivity contribution in [3.63, 3.8) is 0 Å². The predicted octanol–water partition coefficient (Wildman–Crippen LogP) is 4.69. The molecule has 1 fully saturated rings. The summed E-state index contributed by atoms with van der Waals surface area (Å²) in [6.45, 7) is 0.878. The van der Waals surface area contributed by atoms with Crippen molar-refractivity contribution in [3.8, 4) is 22.8 Å². The number of likely N-dealkylation sites (tertiary alicyclic amines) is 1. The lowest BCUT2D eigenvalue weighted by atomic mass is 10.1. The number of carbonyl (C=O) groups excluding carboxylic acids is 1. The van der Waals surface area contributed by atoms with Gasteiger partial charge in [-0.3, -0.25) is 4.79 Å². The minimum absolute atomic E-state index is 0.0309. The number of rotatable bonds is 6. The summed E-state index contributed by atoms with van der Waals surface area (Å²) in [6, 6.07) is 2.89. The number of piperidine rings is 1. The van der Waals surface area contributed by atoms with E-state index in [4.69, 9.17) is 10.5 Å². The van der Waals surface area contributed by atoms with E-state index in [9.17, 15) is 22.4 Å². The SMILES string of the molecule is Nc1ncnc2c1c(-c1ccc(Oc3c(F)c(F)cc(F)c3F)cc1F)nn2C1CCCN(C(=O)Cc2cnc[nH]2)C1. The minimum atomic E-state index is -1.77. The lowest BCUT2D eigenvalue weighted by Crippen LogP contribution is -2.41. The molecule has 0 spiro atoms. The molecule has 10 nitrogen and oxygen atoms in total. The molecule has 2 aromatic carbocycles. The molecular formula is C27H21F5N8O2. The first-order chi connectivity index (χ1) is 20.2. The van der Waals surface area contributed by atoms with Crippen molar-refractivity contribution in [2.75, 3.05) is 18.8 Å². The van der Waals surface area contributed by atoms with E-state index in [2.05, 4.69) is 25.0 Å². The fraction of sp³-hybridized carbons (Fsp3) is 0.222. The van der Waals surface area contributed by atoms with Gasteiger partial charge in [0.05, 0.1) is 24.2 Å². The Labute approximate surface area is 234 Å². The number of ether oxygens (including phenoxy) is 1. The van der Waals surface area contributed by atoms with Gasteiger partial charge in [-0.1, -0.05) is 0 Å². The Hall–Kier alpha value is -5.08. The summed E-state index contributed by atoms with van der Waals surface area (Å²) in [4.78, 5) is 29.8. The second-order valence-electron chi connectivity index (χ2n) is 9.68. The average molecular weight is 585 g/mol. The monoisotopic (exact) mass is 584 g/mol. The molecule has 3 N–H and O–H groups in total. The van der Waals surface area contributed by atoms with Crippen LogP contribution in [-0.4, -0.2) is 53.6 Å². The Morgan fingerprint density at radius 3 is 2.57 bits per heavy atom. The van der Waals surface area contributed by atoms with Crippen LogP contribution >= 0.6 is 0 Å².